The second-order valence-electron chi connectivity index (χ2n) is 7.73. The summed E-state index contributed by atoms with van der Waals surface area (Å²) in [4.78, 5) is 26.7. The van der Waals surface area contributed by atoms with Crippen LogP contribution in [0.4, 0.5) is 13.2 Å². The van der Waals surface area contributed by atoms with Gasteiger partial charge in [-0.05, 0) is 43.0 Å². The molecule has 2 aliphatic rings. The van der Waals surface area contributed by atoms with Crippen molar-refractivity contribution in [1.29, 1.82) is 0 Å². The fourth-order valence-electron chi connectivity index (χ4n) is 4.47. The average molecular weight is 481 g/mol. The van der Waals surface area contributed by atoms with Gasteiger partial charge >= 0.3 is 6.18 Å². The van der Waals surface area contributed by atoms with Gasteiger partial charge < -0.3 is 10.2 Å². The van der Waals surface area contributed by atoms with Crippen LogP contribution in [0, 0.1) is 0 Å². The molecule has 30 heavy (non-hydrogen) atoms. The van der Waals surface area contributed by atoms with Crippen LogP contribution >= 0.6 is 15.9 Å². The normalized spacial score (nSPS) is 17.7. The number of alkyl halides is 3. The van der Waals surface area contributed by atoms with E-state index in [1.54, 1.807) is 17.0 Å². The zero-order valence-corrected chi connectivity index (χ0v) is 17.6. The van der Waals surface area contributed by atoms with E-state index in [9.17, 15) is 22.8 Å². The number of benzene rings is 2. The minimum Gasteiger partial charge on any atom is -0.342 e. The quantitative estimate of drug-likeness (QED) is 0.694. The molecule has 1 N–H and O–H groups in total. The number of likely N-dealkylation sites (tertiary alicyclic amines) is 1. The molecule has 2 aromatic carbocycles. The number of hydrogen-bond acceptors (Lipinski definition) is 2. The summed E-state index contributed by atoms with van der Waals surface area (Å²) >= 11 is 3.54. The molecule has 0 aromatic heterocycles. The molecule has 4 nitrogen and oxygen atoms in total. The van der Waals surface area contributed by atoms with Crippen LogP contribution in [0.25, 0.3) is 0 Å². The summed E-state index contributed by atoms with van der Waals surface area (Å²) in [7, 11) is 0. The number of rotatable bonds is 3. The Balaban J connectivity index is 1.42. The Bertz CT molecular complexity index is 998. The van der Waals surface area contributed by atoms with E-state index in [1.165, 1.54) is 12.1 Å². The zero-order valence-electron chi connectivity index (χ0n) is 16.1. The molecule has 0 radical (unpaired) electrons. The first kappa shape index (κ1) is 20.9. The fraction of sp³-hybridized carbons (Fsp3) is 0.364. The molecular weight excluding hydrogens is 461 g/mol. The SMILES string of the molecule is O=C1NC2(CCN(C(=O)CCc3ccccc3C(F)(F)F)CC2)c2c(Br)cccc21. The second-order valence-corrected chi connectivity index (χ2v) is 8.59. The number of hydrogen-bond donors (Lipinski definition) is 1. The molecule has 8 heteroatoms. The number of fused-ring (bicyclic) bond motifs is 2. The first-order chi connectivity index (χ1) is 14.2. The van der Waals surface area contributed by atoms with Crippen molar-refractivity contribution >= 4 is 27.7 Å². The van der Waals surface area contributed by atoms with Crippen LogP contribution in [0.1, 0.15) is 46.3 Å². The molecule has 158 valence electrons. The predicted molar refractivity (Wildman–Crippen MR) is 109 cm³/mol. The maximum Gasteiger partial charge on any atom is 0.416 e. The fourth-order valence-corrected chi connectivity index (χ4v) is 5.22. The van der Waals surface area contributed by atoms with Gasteiger partial charge in [-0.25, -0.2) is 0 Å². The lowest BCUT2D eigenvalue weighted by atomic mass is 9.81. The van der Waals surface area contributed by atoms with Crippen molar-refractivity contribution < 1.29 is 22.8 Å². The lowest BCUT2D eigenvalue weighted by molar-refractivity contribution is -0.139. The molecule has 1 fully saturated rings. The summed E-state index contributed by atoms with van der Waals surface area (Å²) in [6.07, 6.45) is -3.23. The van der Waals surface area contributed by atoms with Crippen LogP contribution < -0.4 is 5.32 Å². The number of nitrogens with one attached hydrogen (secondary N) is 1. The van der Waals surface area contributed by atoms with E-state index in [0.29, 0.717) is 31.5 Å². The van der Waals surface area contributed by atoms with E-state index in [0.717, 1.165) is 16.1 Å². The largest absolute Gasteiger partial charge is 0.416 e. The van der Waals surface area contributed by atoms with Gasteiger partial charge in [-0.1, -0.05) is 40.2 Å². The van der Waals surface area contributed by atoms with Crippen LogP contribution in [0.5, 0.6) is 0 Å². The highest BCUT2D eigenvalue weighted by molar-refractivity contribution is 9.10. The second kappa shape index (κ2) is 7.72. The van der Waals surface area contributed by atoms with Gasteiger partial charge in [0, 0.05) is 35.1 Å². The summed E-state index contributed by atoms with van der Waals surface area (Å²) in [5.41, 5.74) is 0.513. The molecule has 2 aliphatic heterocycles. The summed E-state index contributed by atoms with van der Waals surface area (Å²) in [5.74, 6) is -0.284. The zero-order chi connectivity index (χ0) is 21.5. The van der Waals surface area contributed by atoms with E-state index >= 15 is 0 Å². The van der Waals surface area contributed by atoms with Gasteiger partial charge in [0.05, 0.1) is 11.1 Å². The summed E-state index contributed by atoms with van der Waals surface area (Å²) in [6, 6.07) is 10.9. The molecule has 0 atom stereocenters. The van der Waals surface area contributed by atoms with E-state index in [1.807, 2.05) is 12.1 Å². The minimum atomic E-state index is -4.43. The molecule has 2 heterocycles. The minimum absolute atomic E-state index is 0.0206. The van der Waals surface area contributed by atoms with Crippen LogP contribution in [0.2, 0.25) is 0 Å². The van der Waals surface area contributed by atoms with Crippen molar-refractivity contribution in [3.63, 3.8) is 0 Å². The topological polar surface area (TPSA) is 49.4 Å². The van der Waals surface area contributed by atoms with E-state index in [4.69, 9.17) is 0 Å². The number of halogens is 4. The monoisotopic (exact) mass is 480 g/mol. The number of nitrogens with zero attached hydrogens (tertiary/aromatic N) is 1. The van der Waals surface area contributed by atoms with Gasteiger partial charge in [-0.2, -0.15) is 13.2 Å². The number of carbonyl (C=O) groups excluding carboxylic acids is 2. The lowest BCUT2D eigenvalue weighted by Gasteiger charge is -2.40. The summed E-state index contributed by atoms with van der Waals surface area (Å²) in [5, 5.41) is 3.09. The predicted octanol–water partition coefficient (Wildman–Crippen LogP) is 4.66. The van der Waals surface area contributed by atoms with Crippen LogP contribution in [0.3, 0.4) is 0 Å². The van der Waals surface area contributed by atoms with Gasteiger partial charge in [0.15, 0.2) is 0 Å². The lowest BCUT2D eigenvalue weighted by Crippen LogP contribution is -2.50. The van der Waals surface area contributed by atoms with Gasteiger partial charge in [0.25, 0.3) is 5.91 Å². The Labute approximate surface area is 180 Å². The molecule has 0 aliphatic carbocycles. The van der Waals surface area contributed by atoms with Crippen LogP contribution in [-0.4, -0.2) is 29.8 Å². The van der Waals surface area contributed by atoms with E-state index in [2.05, 4.69) is 21.2 Å². The van der Waals surface area contributed by atoms with Crippen LogP contribution in [-0.2, 0) is 22.9 Å². The van der Waals surface area contributed by atoms with Crippen LogP contribution in [0.15, 0.2) is 46.9 Å². The van der Waals surface area contributed by atoms with Gasteiger partial charge in [0.2, 0.25) is 5.91 Å². The molecule has 1 saturated heterocycles. The molecule has 0 unspecified atom stereocenters. The van der Waals surface area contributed by atoms with E-state index in [-0.39, 0.29) is 30.2 Å². The molecule has 4 rings (SSSR count). The van der Waals surface area contributed by atoms with E-state index < -0.39 is 17.3 Å². The maximum absolute atomic E-state index is 13.1. The smallest absolute Gasteiger partial charge is 0.342 e. The number of piperidine rings is 1. The third kappa shape index (κ3) is 3.73. The van der Waals surface area contributed by atoms with Crippen molar-refractivity contribution in [2.24, 2.45) is 0 Å². The highest BCUT2D eigenvalue weighted by atomic mass is 79.9. The third-order valence-corrected chi connectivity index (χ3v) is 6.65. The van der Waals surface area contributed by atoms with Gasteiger partial charge in [-0.3, -0.25) is 9.59 Å². The average Bonchev–Trinajstić information content (AvgIpc) is 2.99. The highest BCUT2D eigenvalue weighted by Crippen LogP contribution is 2.43. The maximum atomic E-state index is 13.1. The standard InChI is InChI=1S/C22H20BrF3N2O2/c23-17-7-3-5-15-19(17)21(27-20(15)30)10-12-28(13-11-21)18(29)9-8-14-4-1-2-6-16(14)22(24,25)26/h1-7H,8-13H2,(H,27,30). The van der Waals surface area contributed by atoms with Crippen molar-refractivity contribution in [2.45, 2.75) is 37.4 Å². The molecule has 2 amide bonds. The Hall–Kier alpha value is -2.35. The highest BCUT2D eigenvalue weighted by Gasteiger charge is 2.46. The Kier molecular flexibility index (Phi) is 5.38. The third-order valence-electron chi connectivity index (χ3n) is 5.99. The number of amides is 2. The van der Waals surface area contributed by atoms with Crippen molar-refractivity contribution in [1.82, 2.24) is 10.2 Å². The number of aryl methyl sites for hydroxylation is 1. The summed E-state index contributed by atoms with van der Waals surface area (Å²) in [6.45, 7) is 0.890. The summed E-state index contributed by atoms with van der Waals surface area (Å²) < 4.78 is 40.3. The first-order valence-corrected chi connectivity index (χ1v) is 10.5. The van der Waals surface area contributed by atoms with Gasteiger partial charge in [-0.15, -0.1) is 0 Å². The molecule has 0 bridgehead atoms. The molecule has 1 spiro atoms. The number of carbonyl (C=O) groups is 2. The Morgan fingerprint density at radius 1 is 1.10 bits per heavy atom. The molecular formula is C22H20BrF3N2O2. The van der Waals surface area contributed by atoms with Crippen molar-refractivity contribution in [2.75, 3.05) is 13.1 Å². The van der Waals surface area contributed by atoms with Gasteiger partial charge in [0.1, 0.15) is 0 Å². The van der Waals surface area contributed by atoms with Crippen molar-refractivity contribution in [3.05, 3.63) is 69.2 Å². The Morgan fingerprint density at radius 3 is 2.50 bits per heavy atom. The molecule has 0 saturated carbocycles. The first-order valence-electron chi connectivity index (χ1n) is 9.76. The molecule has 2 aromatic rings. The Morgan fingerprint density at radius 2 is 1.80 bits per heavy atom. The van der Waals surface area contributed by atoms with Crippen molar-refractivity contribution in [3.8, 4) is 0 Å².